The average Bonchev–Trinajstić information content (AvgIpc) is 2.70. The molecule has 26 heavy (non-hydrogen) atoms. The summed E-state index contributed by atoms with van der Waals surface area (Å²) in [6.07, 6.45) is 5.54. The maximum Gasteiger partial charge on any atom is -0.00264 e. The van der Waals surface area contributed by atoms with Crippen molar-refractivity contribution in [1.82, 2.24) is 0 Å². The van der Waals surface area contributed by atoms with E-state index in [1.165, 1.54) is 68.8 Å². The number of hydrogen-bond donors (Lipinski definition) is 0. The first-order chi connectivity index (χ1) is 12.8. The van der Waals surface area contributed by atoms with E-state index in [9.17, 15) is 0 Å². The highest BCUT2D eigenvalue weighted by Crippen LogP contribution is 2.39. The molecule has 0 amide bonds. The summed E-state index contributed by atoms with van der Waals surface area (Å²) in [6, 6.07) is 26.4. The molecule has 0 unspecified atom stereocenters. The molecule has 0 aliphatic carbocycles. The molecule has 5 aromatic carbocycles. The molecule has 0 saturated carbocycles. The molecular weight excluding hydrogens is 312 g/mol. The van der Waals surface area contributed by atoms with E-state index >= 15 is 0 Å². The lowest BCUT2D eigenvalue weighted by molar-refractivity contribution is 0.702. The summed E-state index contributed by atoms with van der Waals surface area (Å²) in [4.78, 5) is 0. The van der Waals surface area contributed by atoms with Gasteiger partial charge in [-0.3, -0.25) is 0 Å². The van der Waals surface area contributed by atoms with Crippen LogP contribution in [0.2, 0.25) is 0 Å². The summed E-state index contributed by atoms with van der Waals surface area (Å²) in [7, 11) is 0. The monoisotopic (exact) mass is 338 g/mol. The van der Waals surface area contributed by atoms with Gasteiger partial charge in [0, 0.05) is 0 Å². The second kappa shape index (κ2) is 7.33. The molecular formula is C26H26. The molecule has 0 bridgehead atoms. The maximum atomic E-state index is 2.25. The number of unbranched alkanes of at least 4 members (excludes halogenated alkanes) is 3. The van der Waals surface area contributed by atoms with Crippen LogP contribution in [0.3, 0.4) is 0 Å². The van der Waals surface area contributed by atoms with Gasteiger partial charge in [-0.15, -0.1) is 0 Å². The lowest BCUT2D eigenvalue weighted by Gasteiger charge is -2.13. The number of rotatable bonds is 3. The lowest BCUT2D eigenvalue weighted by atomic mass is 9.90. The Bertz CT molecular complexity index is 977. The molecule has 0 aromatic heterocycles. The minimum absolute atomic E-state index is 1.33. The Hall–Kier alpha value is -2.60. The van der Waals surface area contributed by atoms with Crippen molar-refractivity contribution < 1.29 is 0 Å². The second-order valence-electron chi connectivity index (χ2n) is 7.13. The molecule has 0 radical (unpaired) electrons. The summed E-state index contributed by atoms with van der Waals surface area (Å²) < 4.78 is 0. The topological polar surface area (TPSA) is 0 Å². The van der Waals surface area contributed by atoms with E-state index in [0.717, 1.165) is 0 Å². The van der Waals surface area contributed by atoms with Gasteiger partial charge in [-0.2, -0.15) is 0 Å². The molecule has 0 saturated heterocycles. The standard InChI is InChI=1S/C20H12.C6H14/c1-5-13-6-2-11-17-18-12-4-8-14-7-3-10-16(20(14)18)15(9-1)19(13)17;1-3-5-6-4-2/h1-12H;3-6H2,1-2H3. The Morgan fingerprint density at radius 2 is 0.769 bits per heavy atom. The van der Waals surface area contributed by atoms with Crippen LogP contribution in [0.4, 0.5) is 0 Å². The van der Waals surface area contributed by atoms with Crippen molar-refractivity contribution >= 4 is 43.1 Å². The predicted molar refractivity (Wildman–Crippen MR) is 117 cm³/mol. The minimum Gasteiger partial charge on any atom is -0.0654 e. The fourth-order valence-corrected chi connectivity index (χ4v) is 4.08. The fraction of sp³-hybridized carbons (Fsp3) is 0.231. The van der Waals surface area contributed by atoms with Gasteiger partial charge in [0.25, 0.3) is 0 Å². The molecule has 0 heterocycles. The summed E-state index contributed by atoms with van der Waals surface area (Å²) in [5.41, 5.74) is 0. The van der Waals surface area contributed by atoms with Crippen LogP contribution in [0.15, 0.2) is 72.8 Å². The van der Waals surface area contributed by atoms with E-state index in [0.29, 0.717) is 0 Å². The molecule has 5 rings (SSSR count). The molecule has 0 aliphatic heterocycles. The third kappa shape index (κ3) is 2.80. The van der Waals surface area contributed by atoms with Crippen LogP contribution in [0.1, 0.15) is 39.5 Å². The highest BCUT2D eigenvalue weighted by molar-refractivity contribution is 6.32. The van der Waals surface area contributed by atoms with Gasteiger partial charge in [0.05, 0.1) is 0 Å². The third-order valence-electron chi connectivity index (χ3n) is 5.35. The molecule has 0 atom stereocenters. The van der Waals surface area contributed by atoms with Crippen LogP contribution in [0, 0.1) is 0 Å². The first kappa shape index (κ1) is 16.8. The molecule has 0 heteroatoms. The number of benzene rings is 5. The molecule has 130 valence electrons. The van der Waals surface area contributed by atoms with Crippen molar-refractivity contribution in [2.75, 3.05) is 0 Å². The molecule has 0 spiro atoms. The Balaban J connectivity index is 0.000000246. The highest BCUT2D eigenvalue weighted by Gasteiger charge is 2.11. The Morgan fingerprint density at radius 1 is 0.462 bits per heavy atom. The second-order valence-corrected chi connectivity index (χ2v) is 7.13. The number of fused-ring (bicyclic) bond motifs is 2. The quantitative estimate of drug-likeness (QED) is 0.176. The largest absolute Gasteiger partial charge is 0.0654 e. The van der Waals surface area contributed by atoms with Gasteiger partial charge < -0.3 is 0 Å². The van der Waals surface area contributed by atoms with Gasteiger partial charge in [0.2, 0.25) is 0 Å². The molecule has 0 nitrogen and oxygen atoms in total. The Kier molecular flexibility index (Phi) is 4.75. The van der Waals surface area contributed by atoms with Crippen LogP contribution >= 0.6 is 0 Å². The van der Waals surface area contributed by atoms with E-state index in [1.54, 1.807) is 0 Å². The van der Waals surface area contributed by atoms with E-state index in [4.69, 9.17) is 0 Å². The third-order valence-corrected chi connectivity index (χ3v) is 5.35. The van der Waals surface area contributed by atoms with Gasteiger partial charge in [0.15, 0.2) is 0 Å². The van der Waals surface area contributed by atoms with Crippen molar-refractivity contribution in [3.8, 4) is 0 Å². The number of hydrogen-bond acceptors (Lipinski definition) is 0. The summed E-state index contributed by atoms with van der Waals surface area (Å²) >= 11 is 0. The Labute approximate surface area is 155 Å². The van der Waals surface area contributed by atoms with Crippen LogP contribution in [-0.2, 0) is 0 Å². The van der Waals surface area contributed by atoms with Gasteiger partial charge in [0.1, 0.15) is 0 Å². The van der Waals surface area contributed by atoms with E-state index in [-0.39, 0.29) is 0 Å². The van der Waals surface area contributed by atoms with Crippen molar-refractivity contribution in [2.45, 2.75) is 39.5 Å². The van der Waals surface area contributed by atoms with Crippen molar-refractivity contribution in [2.24, 2.45) is 0 Å². The lowest BCUT2D eigenvalue weighted by Crippen LogP contribution is -1.85. The Morgan fingerprint density at radius 3 is 1.04 bits per heavy atom. The first-order valence-electron chi connectivity index (χ1n) is 9.89. The molecule has 0 aliphatic rings. The molecule has 5 aromatic rings. The van der Waals surface area contributed by atoms with E-state index in [2.05, 4.69) is 86.6 Å². The zero-order chi connectivity index (χ0) is 17.9. The van der Waals surface area contributed by atoms with Crippen molar-refractivity contribution in [3.63, 3.8) is 0 Å². The SMILES string of the molecule is CCCCCC.c1cc2cccc3c4cccc5cccc(c(c1)c23)c54. The fourth-order valence-electron chi connectivity index (χ4n) is 4.08. The summed E-state index contributed by atoms with van der Waals surface area (Å²) in [6.45, 7) is 4.46. The molecule has 0 fully saturated rings. The summed E-state index contributed by atoms with van der Waals surface area (Å²) in [5.74, 6) is 0. The van der Waals surface area contributed by atoms with Crippen LogP contribution in [0.25, 0.3) is 43.1 Å². The first-order valence-corrected chi connectivity index (χ1v) is 9.89. The zero-order valence-electron chi connectivity index (χ0n) is 15.8. The summed E-state index contributed by atoms with van der Waals surface area (Å²) in [5, 5.41) is 10.9. The van der Waals surface area contributed by atoms with Crippen molar-refractivity contribution in [3.05, 3.63) is 72.8 Å². The van der Waals surface area contributed by atoms with Gasteiger partial charge >= 0.3 is 0 Å². The van der Waals surface area contributed by atoms with Gasteiger partial charge in [-0.25, -0.2) is 0 Å². The van der Waals surface area contributed by atoms with Gasteiger partial charge in [-0.1, -0.05) is 112 Å². The van der Waals surface area contributed by atoms with Gasteiger partial charge in [-0.05, 0) is 43.1 Å². The molecule has 0 N–H and O–H groups in total. The van der Waals surface area contributed by atoms with Crippen LogP contribution < -0.4 is 0 Å². The predicted octanol–water partition coefficient (Wildman–Crippen LogP) is 8.32. The van der Waals surface area contributed by atoms with Crippen LogP contribution in [-0.4, -0.2) is 0 Å². The smallest absolute Gasteiger partial charge is 0.00264 e. The highest BCUT2D eigenvalue weighted by atomic mass is 14.1. The minimum atomic E-state index is 1.33. The maximum absolute atomic E-state index is 2.25. The van der Waals surface area contributed by atoms with Crippen LogP contribution in [0.5, 0.6) is 0 Å². The zero-order valence-corrected chi connectivity index (χ0v) is 15.8. The normalized spacial score (nSPS) is 11.3. The average molecular weight is 338 g/mol. The van der Waals surface area contributed by atoms with Crippen molar-refractivity contribution in [1.29, 1.82) is 0 Å². The van der Waals surface area contributed by atoms with E-state index < -0.39 is 0 Å². The van der Waals surface area contributed by atoms with E-state index in [1.807, 2.05) is 0 Å².